The quantitative estimate of drug-likeness (QED) is 0.284. The first kappa shape index (κ1) is 15.4. The summed E-state index contributed by atoms with van der Waals surface area (Å²) in [6, 6.07) is 0. The van der Waals surface area contributed by atoms with Gasteiger partial charge in [0.2, 0.25) is 0 Å². The molecular weight excluding hydrogens is 316 g/mol. The molecular formula is C10H14N6O5S. The van der Waals surface area contributed by atoms with Crippen LogP contribution >= 0.6 is 0 Å². The van der Waals surface area contributed by atoms with Crippen LogP contribution < -0.4 is 10.9 Å². The Balaban J connectivity index is 2.12. The van der Waals surface area contributed by atoms with Crippen LogP contribution in [0.2, 0.25) is 0 Å². The van der Waals surface area contributed by atoms with Gasteiger partial charge in [-0.2, -0.15) is 0 Å². The highest BCUT2D eigenvalue weighted by molar-refractivity contribution is 7.82. The lowest BCUT2D eigenvalue weighted by Gasteiger charge is -2.26. The number of aliphatic hydroxyl groups is 3. The molecule has 0 spiro atoms. The summed E-state index contributed by atoms with van der Waals surface area (Å²) in [5.74, 6) is 0. The Labute approximate surface area is 126 Å². The van der Waals surface area contributed by atoms with Crippen LogP contribution in [0.3, 0.4) is 0 Å². The maximum Gasteiger partial charge on any atom is 0.188 e. The average Bonchev–Trinajstić information content (AvgIpc) is 2.99. The first-order valence-corrected chi connectivity index (χ1v) is 7.38. The highest BCUT2D eigenvalue weighted by atomic mass is 32.2. The summed E-state index contributed by atoms with van der Waals surface area (Å²) in [7, 11) is -1.88. The zero-order chi connectivity index (χ0) is 16.1. The smallest absolute Gasteiger partial charge is 0.188 e. The normalized spacial score (nSPS) is 33.4. The summed E-state index contributed by atoms with van der Waals surface area (Å²) in [5, 5.41) is 34.6. The number of hydrogen-bond acceptors (Lipinski definition) is 9. The molecule has 12 heteroatoms. The summed E-state index contributed by atoms with van der Waals surface area (Å²) in [5.41, 5.74) is 3.86. The van der Waals surface area contributed by atoms with E-state index in [1.54, 1.807) is 0 Å². The van der Waals surface area contributed by atoms with Gasteiger partial charge in [-0.25, -0.2) is 24.3 Å². The summed E-state index contributed by atoms with van der Waals surface area (Å²) in [6.07, 6.45) is -1.46. The van der Waals surface area contributed by atoms with E-state index in [0.29, 0.717) is 0 Å². The predicted octanol–water partition coefficient (Wildman–Crippen LogP) is -3.29. The van der Waals surface area contributed by atoms with Gasteiger partial charge in [-0.15, -0.1) is 0 Å². The molecule has 0 saturated carbocycles. The molecule has 0 radical (unpaired) electrons. The van der Waals surface area contributed by atoms with E-state index in [1.807, 2.05) is 0 Å². The first-order valence-electron chi connectivity index (χ1n) is 6.17. The van der Waals surface area contributed by atoms with Gasteiger partial charge in [0.25, 0.3) is 0 Å². The molecule has 0 aromatic carbocycles. The molecule has 1 aliphatic heterocycles. The number of ether oxygens (including phenoxy) is 1. The molecule has 0 aliphatic carbocycles. The molecule has 7 N–H and O–H groups in total. The minimum Gasteiger partial charge on any atom is -0.394 e. The van der Waals surface area contributed by atoms with Gasteiger partial charge >= 0.3 is 0 Å². The van der Waals surface area contributed by atoms with Crippen molar-refractivity contribution in [3.05, 3.63) is 12.7 Å². The molecule has 2 aromatic heterocycles. The van der Waals surface area contributed by atoms with Crippen LogP contribution in [0.25, 0.3) is 11.2 Å². The van der Waals surface area contributed by atoms with Crippen molar-refractivity contribution in [1.82, 2.24) is 19.5 Å². The zero-order valence-corrected chi connectivity index (χ0v) is 11.9. The van der Waals surface area contributed by atoms with Crippen molar-refractivity contribution < 1.29 is 24.3 Å². The van der Waals surface area contributed by atoms with Gasteiger partial charge in [-0.05, 0) is 0 Å². The van der Waals surface area contributed by atoms with Gasteiger partial charge in [0.05, 0.1) is 12.9 Å². The second-order valence-electron chi connectivity index (χ2n) is 4.84. The van der Waals surface area contributed by atoms with Crippen molar-refractivity contribution >= 4 is 22.1 Å². The SMILES string of the molecule is NS(=O)c1ncnc2c1ncn2[C@@H]1O[C@H](CO)[C@@H](O)[C@@]1(N)O. The third-order valence-electron chi connectivity index (χ3n) is 3.47. The highest BCUT2D eigenvalue weighted by Gasteiger charge is 2.54. The summed E-state index contributed by atoms with van der Waals surface area (Å²) >= 11 is 0. The molecule has 1 unspecified atom stereocenters. The number of fused-ring (bicyclic) bond motifs is 1. The van der Waals surface area contributed by atoms with Crippen molar-refractivity contribution in [2.45, 2.75) is 29.2 Å². The van der Waals surface area contributed by atoms with Crippen LogP contribution in [0.5, 0.6) is 0 Å². The molecule has 120 valence electrons. The minimum absolute atomic E-state index is 0.0153. The summed E-state index contributed by atoms with van der Waals surface area (Å²) in [6.45, 7) is -0.531. The van der Waals surface area contributed by atoms with E-state index in [0.717, 1.165) is 6.33 Å². The zero-order valence-electron chi connectivity index (χ0n) is 11.1. The maximum atomic E-state index is 11.4. The second-order valence-corrected chi connectivity index (χ2v) is 5.82. The average molecular weight is 330 g/mol. The number of hydrogen-bond donors (Lipinski definition) is 5. The van der Waals surface area contributed by atoms with E-state index in [9.17, 15) is 14.4 Å². The lowest BCUT2D eigenvalue weighted by atomic mass is 10.1. The molecule has 2 aromatic rings. The van der Waals surface area contributed by atoms with E-state index in [-0.39, 0.29) is 16.2 Å². The van der Waals surface area contributed by atoms with Gasteiger partial charge < -0.3 is 20.1 Å². The number of aliphatic hydroxyl groups excluding tert-OH is 2. The van der Waals surface area contributed by atoms with Crippen molar-refractivity contribution in [3.8, 4) is 0 Å². The topological polar surface area (TPSA) is 183 Å². The van der Waals surface area contributed by atoms with Gasteiger partial charge in [0.1, 0.15) is 35.0 Å². The third kappa shape index (κ3) is 2.13. The van der Waals surface area contributed by atoms with E-state index in [2.05, 4.69) is 15.0 Å². The third-order valence-corrected chi connectivity index (χ3v) is 4.15. The molecule has 1 aliphatic rings. The second kappa shape index (κ2) is 5.27. The standard InChI is InChI=1S/C10H14N6O5S/c11-10(19)6(18)4(1-17)21-9(10)16-3-15-5-7(16)13-2-14-8(5)22(12)20/h2-4,6,9,17-19H,1,11-12H2/t4-,6-,9-,10-,22?/m1/s1. The van der Waals surface area contributed by atoms with Gasteiger partial charge in [0, 0.05) is 0 Å². The molecule has 22 heavy (non-hydrogen) atoms. The molecule has 0 amide bonds. The number of aromatic nitrogens is 4. The molecule has 5 atom stereocenters. The number of imidazole rings is 1. The Morgan fingerprint density at radius 1 is 1.45 bits per heavy atom. The van der Waals surface area contributed by atoms with Crippen molar-refractivity contribution in [2.75, 3.05) is 6.61 Å². The van der Waals surface area contributed by atoms with E-state index in [4.69, 9.17) is 20.7 Å². The van der Waals surface area contributed by atoms with Gasteiger partial charge in [-0.1, -0.05) is 0 Å². The molecule has 11 nitrogen and oxygen atoms in total. The highest BCUT2D eigenvalue weighted by Crippen LogP contribution is 2.36. The summed E-state index contributed by atoms with van der Waals surface area (Å²) in [4.78, 5) is 11.8. The Kier molecular flexibility index (Phi) is 3.68. The first-order chi connectivity index (χ1) is 10.4. The Morgan fingerprint density at radius 3 is 2.77 bits per heavy atom. The number of rotatable bonds is 3. The van der Waals surface area contributed by atoms with Crippen LogP contribution in [0.4, 0.5) is 0 Å². The summed E-state index contributed by atoms with van der Waals surface area (Å²) < 4.78 is 18.1. The van der Waals surface area contributed by atoms with E-state index < -0.39 is 41.8 Å². The Hall–Kier alpha value is -1.54. The van der Waals surface area contributed by atoms with E-state index >= 15 is 0 Å². The van der Waals surface area contributed by atoms with Crippen molar-refractivity contribution in [2.24, 2.45) is 10.9 Å². The van der Waals surface area contributed by atoms with Crippen LogP contribution in [0.1, 0.15) is 6.23 Å². The molecule has 1 fully saturated rings. The largest absolute Gasteiger partial charge is 0.394 e. The fraction of sp³-hybridized carbons (Fsp3) is 0.500. The molecule has 3 heterocycles. The lowest BCUT2D eigenvalue weighted by molar-refractivity contribution is -0.103. The predicted molar refractivity (Wildman–Crippen MR) is 72.1 cm³/mol. The van der Waals surface area contributed by atoms with Gasteiger partial charge in [0.15, 0.2) is 22.6 Å². The fourth-order valence-corrected chi connectivity index (χ4v) is 2.86. The molecule has 1 saturated heterocycles. The van der Waals surface area contributed by atoms with Crippen molar-refractivity contribution in [1.29, 1.82) is 0 Å². The lowest BCUT2D eigenvalue weighted by Crippen LogP contribution is -2.54. The van der Waals surface area contributed by atoms with Crippen molar-refractivity contribution in [3.63, 3.8) is 0 Å². The van der Waals surface area contributed by atoms with Crippen LogP contribution in [0.15, 0.2) is 17.7 Å². The van der Waals surface area contributed by atoms with Crippen LogP contribution in [0, 0.1) is 0 Å². The molecule has 3 rings (SSSR count). The Morgan fingerprint density at radius 2 is 2.18 bits per heavy atom. The number of nitrogens with two attached hydrogens (primary N) is 2. The van der Waals surface area contributed by atoms with Crippen LogP contribution in [-0.4, -0.2) is 63.6 Å². The minimum atomic E-state index is -2.17. The maximum absolute atomic E-state index is 11.4. The number of nitrogens with zero attached hydrogens (tertiary/aromatic N) is 4. The molecule has 0 bridgehead atoms. The van der Waals surface area contributed by atoms with E-state index in [1.165, 1.54) is 10.9 Å². The fourth-order valence-electron chi connectivity index (χ4n) is 2.37. The monoisotopic (exact) mass is 330 g/mol. The Bertz CT molecular complexity index is 736. The van der Waals surface area contributed by atoms with Crippen LogP contribution in [-0.2, 0) is 15.7 Å². The van der Waals surface area contributed by atoms with Gasteiger partial charge in [-0.3, -0.25) is 10.3 Å².